The van der Waals surface area contributed by atoms with E-state index >= 15 is 0 Å². The Morgan fingerprint density at radius 3 is 2.77 bits per heavy atom. The number of benzene rings is 1. The van der Waals surface area contributed by atoms with Crippen molar-refractivity contribution >= 4 is 48.7 Å². The molecule has 1 atom stereocenters. The Kier molecular flexibility index (Phi) is 6.57. The van der Waals surface area contributed by atoms with Crippen LogP contribution in [-0.4, -0.2) is 49.2 Å². The number of carbonyl (C=O) groups excluding carboxylic acids is 2. The van der Waals surface area contributed by atoms with Gasteiger partial charge >= 0.3 is 0 Å². The lowest BCUT2D eigenvalue weighted by atomic mass is 10.1. The number of amides is 2. The molecule has 4 rings (SSSR count). The van der Waals surface area contributed by atoms with Crippen LogP contribution >= 0.6 is 0 Å². The van der Waals surface area contributed by atoms with Crippen molar-refractivity contribution in [1.29, 1.82) is 0 Å². The molecular weight excluding hydrogens is 460 g/mol. The van der Waals surface area contributed by atoms with Gasteiger partial charge in [-0.1, -0.05) is 18.2 Å². The smallest absolute Gasteiger partial charge is 0.258 e. The molecule has 3 heterocycles. The lowest BCUT2D eigenvalue weighted by molar-refractivity contribution is -0.129. The first-order valence-corrected chi connectivity index (χ1v) is 15.0. The van der Waals surface area contributed by atoms with Gasteiger partial charge in [0.2, 0.25) is 5.91 Å². The van der Waals surface area contributed by atoms with E-state index in [0.717, 1.165) is 27.9 Å². The number of para-hydroxylation sites is 1. The Labute approximate surface area is 206 Å². The van der Waals surface area contributed by atoms with Gasteiger partial charge in [-0.2, -0.15) is 0 Å². The van der Waals surface area contributed by atoms with Crippen molar-refractivity contribution < 1.29 is 18.4 Å². The summed E-state index contributed by atoms with van der Waals surface area (Å²) >= 11 is 0. The number of nitrogens with zero attached hydrogens (tertiary/aromatic N) is 2. The molecule has 1 aromatic carbocycles. The van der Waals surface area contributed by atoms with Crippen molar-refractivity contribution in [2.24, 2.45) is 0 Å². The third-order valence-electron chi connectivity index (χ3n) is 5.89. The second-order valence-electron chi connectivity index (χ2n) is 10.1. The normalized spacial score (nSPS) is 18.2. The molecule has 2 amide bonds. The van der Waals surface area contributed by atoms with Gasteiger partial charge in [0.15, 0.2) is 14.1 Å². The zero-order valence-electron chi connectivity index (χ0n) is 21.1. The average Bonchev–Trinajstić information content (AvgIpc) is 3.04. The maximum absolute atomic E-state index is 12.8. The summed E-state index contributed by atoms with van der Waals surface area (Å²) in [5.74, 6) is 0.835. The number of likely N-dealkylation sites (N-methyl/N-ethyl adjacent to an activating group) is 1. The van der Waals surface area contributed by atoms with Gasteiger partial charge in [-0.3, -0.25) is 9.59 Å². The maximum Gasteiger partial charge on any atom is 0.258 e. The average molecular weight is 493 g/mol. The number of nitrogens with one attached hydrogen (secondary N) is 2. The van der Waals surface area contributed by atoms with E-state index in [-0.39, 0.29) is 11.8 Å². The summed E-state index contributed by atoms with van der Waals surface area (Å²) in [5.41, 5.74) is 2.29. The molecule has 9 heteroatoms. The van der Waals surface area contributed by atoms with Crippen molar-refractivity contribution in [2.75, 3.05) is 24.2 Å². The monoisotopic (exact) mass is 492 g/mol. The second-order valence-corrected chi connectivity index (χ2v) is 14.5. The van der Waals surface area contributed by atoms with Crippen LogP contribution in [0.5, 0.6) is 0 Å². The van der Waals surface area contributed by atoms with Gasteiger partial charge < -0.3 is 24.4 Å². The first-order valence-electron chi connectivity index (χ1n) is 11.6. The Morgan fingerprint density at radius 2 is 2.06 bits per heavy atom. The number of hydrogen-bond acceptors (Lipinski definition) is 6. The van der Waals surface area contributed by atoms with Crippen LogP contribution < -0.4 is 10.6 Å². The highest BCUT2D eigenvalue weighted by Crippen LogP contribution is 2.29. The van der Waals surface area contributed by atoms with E-state index in [4.69, 9.17) is 8.84 Å². The molecule has 2 aromatic heterocycles. The van der Waals surface area contributed by atoms with Crippen LogP contribution in [0.2, 0.25) is 19.6 Å². The third kappa shape index (κ3) is 5.46. The first kappa shape index (κ1) is 24.7. The fraction of sp³-hybridized carbons (Fsp3) is 0.346. The van der Waals surface area contributed by atoms with Gasteiger partial charge in [0, 0.05) is 30.3 Å². The van der Waals surface area contributed by atoms with E-state index in [1.54, 1.807) is 31.1 Å². The van der Waals surface area contributed by atoms with Crippen LogP contribution in [0.1, 0.15) is 23.8 Å². The molecule has 1 aliphatic rings. The van der Waals surface area contributed by atoms with Crippen LogP contribution in [0.15, 0.2) is 47.0 Å². The molecule has 8 nitrogen and oxygen atoms in total. The molecule has 1 unspecified atom stereocenters. The molecule has 0 aliphatic carbocycles. The summed E-state index contributed by atoms with van der Waals surface area (Å²) in [4.78, 5) is 31.6. The van der Waals surface area contributed by atoms with Gasteiger partial charge in [-0.25, -0.2) is 4.98 Å². The number of anilines is 2. The SMILES string of the molecule is Cc1c(CN(C)C(=O)/C=C/c2cnc3c(c2)NCC(C)(O[Si](C)(C)C)C(=O)N3)oc2ccccc12. The fourth-order valence-electron chi connectivity index (χ4n) is 4.11. The fourth-order valence-corrected chi connectivity index (χ4v) is 5.63. The van der Waals surface area contributed by atoms with Gasteiger partial charge in [-0.15, -0.1) is 0 Å². The number of rotatable bonds is 6. The van der Waals surface area contributed by atoms with E-state index in [1.807, 2.05) is 56.9 Å². The minimum absolute atomic E-state index is 0.155. The molecular formula is C26H32N4O4Si. The van der Waals surface area contributed by atoms with Crippen molar-refractivity contribution in [3.8, 4) is 0 Å². The van der Waals surface area contributed by atoms with Crippen LogP contribution in [0.25, 0.3) is 17.0 Å². The Hall–Kier alpha value is -3.43. The number of carbonyl (C=O) groups is 2. The zero-order valence-corrected chi connectivity index (χ0v) is 22.1. The lowest BCUT2D eigenvalue weighted by Gasteiger charge is -2.33. The highest BCUT2D eigenvalue weighted by atomic mass is 28.4. The number of pyridine rings is 1. The Bertz CT molecular complexity index is 1310. The van der Waals surface area contributed by atoms with Crippen LogP contribution in [-0.2, 0) is 20.6 Å². The first-order chi connectivity index (χ1) is 16.4. The highest BCUT2D eigenvalue weighted by molar-refractivity contribution is 6.70. The Balaban J connectivity index is 1.45. The zero-order chi connectivity index (χ0) is 25.4. The number of furan rings is 1. The van der Waals surface area contributed by atoms with E-state index < -0.39 is 13.9 Å². The number of hydrogen-bond donors (Lipinski definition) is 2. The number of aryl methyl sites for hydroxylation is 1. The predicted octanol–water partition coefficient (Wildman–Crippen LogP) is 4.78. The van der Waals surface area contributed by atoms with E-state index in [0.29, 0.717) is 24.6 Å². The largest absolute Gasteiger partial charge is 0.459 e. The van der Waals surface area contributed by atoms with Gasteiger partial charge in [-0.05, 0) is 57.3 Å². The number of aromatic nitrogens is 1. The summed E-state index contributed by atoms with van der Waals surface area (Å²) < 4.78 is 12.1. The summed E-state index contributed by atoms with van der Waals surface area (Å²) in [6.45, 7) is 10.6. The molecule has 0 radical (unpaired) electrons. The molecule has 0 saturated heterocycles. The lowest BCUT2D eigenvalue weighted by Crippen LogP contribution is -2.52. The third-order valence-corrected chi connectivity index (χ3v) is 6.95. The summed E-state index contributed by atoms with van der Waals surface area (Å²) in [6, 6.07) is 9.70. The molecule has 0 fully saturated rings. The summed E-state index contributed by atoms with van der Waals surface area (Å²) in [6.07, 6.45) is 4.84. The quantitative estimate of drug-likeness (QED) is 0.380. The van der Waals surface area contributed by atoms with Gasteiger partial charge in [0.1, 0.15) is 16.9 Å². The second kappa shape index (κ2) is 9.31. The van der Waals surface area contributed by atoms with E-state index in [1.165, 1.54) is 6.08 Å². The molecule has 0 bridgehead atoms. The van der Waals surface area contributed by atoms with Crippen molar-refractivity contribution in [1.82, 2.24) is 9.88 Å². The van der Waals surface area contributed by atoms with Crippen molar-refractivity contribution in [3.05, 3.63) is 59.5 Å². The Morgan fingerprint density at radius 1 is 1.31 bits per heavy atom. The van der Waals surface area contributed by atoms with Crippen LogP contribution in [0.3, 0.4) is 0 Å². The minimum Gasteiger partial charge on any atom is -0.459 e. The number of fused-ring (bicyclic) bond motifs is 2. The minimum atomic E-state index is -1.95. The topological polar surface area (TPSA) is 96.7 Å². The van der Waals surface area contributed by atoms with Gasteiger partial charge in [0.05, 0.1) is 18.8 Å². The maximum atomic E-state index is 12.8. The molecule has 0 saturated carbocycles. The summed E-state index contributed by atoms with van der Waals surface area (Å²) in [7, 11) is -0.214. The standard InChI is InChI=1S/C26H32N4O4Si/c1-17-19-9-7-8-10-21(19)33-22(17)15-30(3)23(31)12-11-18-13-20-24(27-14-18)29-25(32)26(2,16-28-20)34-35(4,5)6/h7-14,28H,15-16H2,1-6H3,(H,27,29,32)/b12-11+. The molecule has 1 aliphatic heterocycles. The van der Waals surface area contributed by atoms with Crippen LogP contribution in [0, 0.1) is 6.92 Å². The molecule has 0 spiro atoms. The predicted molar refractivity (Wildman–Crippen MR) is 141 cm³/mol. The van der Waals surface area contributed by atoms with E-state index in [2.05, 4.69) is 15.6 Å². The van der Waals surface area contributed by atoms with Gasteiger partial charge in [0.25, 0.3) is 5.91 Å². The highest BCUT2D eigenvalue weighted by Gasteiger charge is 2.40. The molecule has 2 N–H and O–H groups in total. The molecule has 184 valence electrons. The molecule has 3 aromatic rings. The van der Waals surface area contributed by atoms with Crippen LogP contribution in [0.4, 0.5) is 11.5 Å². The summed E-state index contributed by atoms with van der Waals surface area (Å²) in [5, 5.41) is 7.20. The van der Waals surface area contributed by atoms with Crippen molar-refractivity contribution in [3.63, 3.8) is 0 Å². The van der Waals surface area contributed by atoms with E-state index in [9.17, 15) is 9.59 Å². The van der Waals surface area contributed by atoms with Crippen molar-refractivity contribution in [2.45, 2.75) is 45.6 Å². The molecule has 35 heavy (non-hydrogen) atoms.